The highest BCUT2D eigenvalue weighted by molar-refractivity contribution is 7.89. The fraction of sp³-hybridized carbons (Fsp3) is 0.500. The molecule has 1 aromatic rings. The van der Waals surface area contributed by atoms with E-state index < -0.39 is 15.6 Å². The quantitative estimate of drug-likeness (QED) is 0.827. The minimum atomic E-state index is -3.56. The molecule has 5 nitrogen and oxygen atoms in total. The second-order valence-corrected chi connectivity index (χ2v) is 6.80. The highest BCUT2D eigenvalue weighted by atomic mass is 32.2. The van der Waals surface area contributed by atoms with Crippen LogP contribution in [0, 0.1) is 0 Å². The molecule has 1 unspecified atom stereocenters. The van der Waals surface area contributed by atoms with Gasteiger partial charge in [0.15, 0.2) is 0 Å². The fourth-order valence-electron chi connectivity index (χ4n) is 2.17. The number of nitrogens with two attached hydrogens (primary N) is 1. The summed E-state index contributed by atoms with van der Waals surface area (Å²) in [6.45, 7) is 2.31. The third-order valence-corrected chi connectivity index (χ3v) is 5.17. The van der Waals surface area contributed by atoms with Crippen molar-refractivity contribution in [2.75, 3.05) is 13.1 Å². The van der Waals surface area contributed by atoms with Gasteiger partial charge in [-0.1, -0.05) is 18.2 Å². The molecule has 0 spiro atoms. The molecule has 18 heavy (non-hydrogen) atoms. The van der Waals surface area contributed by atoms with E-state index in [0.29, 0.717) is 18.5 Å². The van der Waals surface area contributed by atoms with Crippen LogP contribution < -0.4 is 5.73 Å². The van der Waals surface area contributed by atoms with Crippen molar-refractivity contribution in [1.82, 2.24) is 4.31 Å². The maximum absolute atomic E-state index is 12.5. The van der Waals surface area contributed by atoms with Crippen LogP contribution >= 0.6 is 0 Å². The first kappa shape index (κ1) is 13.5. The molecule has 6 heteroatoms. The molecule has 1 saturated heterocycles. The van der Waals surface area contributed by atoms with E-state index in [1.165, 1.54) is 4.31 Å². The Kier molecular flexibility index (Phi) is 3.46. The van der Waals surface area contributed by atoms with Gasteiger partial charge in [0.2, 0.25) is 10.0 Å². The Hall–Kier alpha value is -0.950. The molecule has 0 aliphatic carbocycles. The van der Waals surface area contributed by atoms with Gasteiger partial charge in [-0.25, -0.2) is 8.42 Å². The predicted octanol–water partition coefficient (Wildman–Crippen LogP) is 0.291. The molecular weight excluding hydrogens is 252 g/mol. The second kappa shape index (κ2) is 4.62. The van der Waals surface area contributed by atoms with Crippen LogP contribution in [0.25, 0.3) is 0 Å². The summed E-state index contributed by atoms with van der Waals surface area (Å²) in [5.74, 6) is 0. The molecule has 0 amide bonds. The molecule has 1 aromatic carbocycles. The van der Waals surface area contributed by atoms with Crippen LogP contribution in [0.3, 0.4) is 0 Å². The lowest BCUT2D eigenvalue weighted by Crippen LogP contribution is -2.34. The first-order chi connectivity index (χ1) is 8.37. The zero-order valence-corrected chi connectivity index (χ0v) is 11.2. The van der Waals surface area contributed by atoms with Gasteiger partial charge >= 0.3 is 0 Å². The Bertz CT molecular complexity index is 540. The Morgan fingerprint density at radius 2 is 2.11 bits per heavy atom. The number of rotatable bonds is 3. The molecule has 1 fully saturated rings. The van der Waals surface area contributed by atoms with Crippen LogP contribution in [0.4, 0.5) is 0 Å². The summed E-state index contributed by atoms with van der Waals surface area (Å²) in [6.07, 6.45) is 0.455. The smallest absolute Gasteiger partial charge is 0.243 e. The Labute approximate surface area is 107 Å². The van der Waals surface area contributed by atoms with Crippen molar-refractivity contribution in [3.63, 3.8) is 0 Å². The number of hydrogen-bond donors (Lipinski definition) is 2. The maximum atomic E-state index is 12.5. The first-order valence-electron chi connectivity index (χ1n) is 5.87. The molecule has 0 bridgehead atoms. The first-order valence-corrected chi connectivity index (χ1v) is 7.31. The van der Waals surface area contributed by atoms with Crippen LogP contribution in [0.1, 0.15) is 18.9 Å². The molecule has 0 aromatic heterocycles. The molecule has 1 heterocycles. The van der Waals surface area contributed by atoms with E-state index in [-0.39, 0.29) is 18.0 Å². The lowest BCUT2D eigenvalue weighted by atomic mass is 10.1. The van der Waals surface area contributed by atoms with E-state index >= 15 is 0 Å². The molecule has 1 atom stereocenters. The minimum Gasteiger partial charge on any atom is -0.389 e. The predicted molar refractivity (Wildman–Crippen MR) is 68.3 cm³/mol. The van der Waals surface area contributed by atoms with Crippen molar-refractivity contribution < 1.29 is 13.5 Å². The van der Waals surface area contributed by atoms with Gasteiger partial charge in [0, 0.05) is 19.6 Å². The van der Waals surface area contributed by atoms with Crippen molar-refractivity contribution in [3.8, 4) is 0 Å². The van der Waals surface area contributed by atoms with Crippen LogP contribution in [0.2, 0.25) is 0 Å². The summed E-state index contributed by atoms with van der Waals surface area (Å²) in [4.78, 5) is 0.241. The average molecular weight is 270 g/mol. The Balaban J connectivity index is 2.38. The Morgan fingerprint density at radius 3 is 2.67 bits per heavy atom. The molecular formula is C12H18N2O3S. The molecule has 0 saturated carbocycles. The van der Waals surface area contributed by atoms with E-state index in [9.17, 15) is 13.5 Å². The molecule has 0 radical (unpaired) electrons. The summed E-state index contributed by atoms with van der Waals surface area (Å²) in [6, 6.07) is 6.72. The van der Waals surface area contributed by atoms with E-state index in [0.717, 1.165) is 0 Å². The van der Waals surface area contributed by atoms with Gasteiger partial charge in [0.25, 0.3) is 0 Å². The molecule has 1 aliphatic rings. The van der Waals surface area contributed by atoms with Gasteiger partial charge < -0.3 is 10.8 Å². The number of hydrogen-bond acceptors (Lipinski definition) is 4. The molecule has 100 valence electrons. The van der Waals surface area contributed by atoms with Gasteiger partial charge in [0.05, 0.1) is 10.5 Å². The third-order valence-electron chi connectivity index (χ3n) is 3.23. The van der Waals surface area contributed by atoms with E-state index in [1.54, 1.807) is 31.2 Å². The molecule has 1 aliphatic heterocycles. The summed E-state index contributed by atoms with van der Waals surface area (Å²) in [5, 5.41) is 9.87. The number of sulfonamides is 1. The average Bonchev–Trinajstić information content (AvgIpc) is 2.70. The van der Waals surface area contributed by atoms with Crippen molar-refractivity contribution in [2.45, 2.75) is 30.4 Å². The summed E-state index contributed by atoms with van der Waals surface area (Å²) in [5.41, 5.74) is 5.23. The van der Waals surface area contributed by atoms with Crippen LogP contribution in [0.5, 0.6) is 0 Å². The second-order valence-electron chi connectivity index (χ2n) is 4.90. The van der Waals surface area contributed by atoms with Gasteiger partial charge in [-0.05, 0) is 25.0 Å². The maximum Gasteiger partial charge on any atom is 0.243 e. The topological polar surface area (TPSA) is 83.6 Å². The Morgan fingerprint density at radius 1 is 1.44 bits per heavy atom. The highest BCUT2D eigenvalue weighted by Crippen LogP contribution is 2.28. The number of nitrogens with zero attached hydrogens (tertiary/aromatic N) is 1. The van der Waals surface area contributed by atoms with E-state index in [4.69, 9.17) is 5.73 Å². The van der Waals surface area contributed by atoms with Crippen molar-refractivity contribution in [3.05, 3.63) is 29.8 Å². The third kappa shape index (κ3) is 2.42. The summed E-state index contributed by atoms with van der Waals surface area (Å²) < 4.78 is 26.2. The van der Waals surface area contributed by atoms with Gasteiger partial charge in [-0.2, -0.15) is 4.31 Å². The van der Waals surface area contributed by atoms with Crippen LogP contribution in [-0.4, -0.2) is 36.5 Å². The van der Waals surface area contributed by atoms with E-state index in [2.05, 4.69) is 0 Å². The van der Waals surface area contributed by atoms with Crippen LogP contribution in [0.15, 0.2) is 29.2 Å². The largest absolute Gasteiger partial charge is 0.389 e. The van der Waals surface area contributed by atoms with Crippen molar-refractivity contribution >= 4 is 10.0 Å². The number of β-amino-alcohol motifs (C(OH)–C–C–N with tert-alkyl or cyclic N) is 1. The van der Waals surface area contributed by atoms with Crippen molar-refractivity contribution in [1.29, 1.82) is 0 Å². The number of benzene rings is 1. The highest BCUT2D eigenvalue weighted by Gasteiger charge is 2.38. The molecule has 2 rings (SSSR count). The van der Waals surface area contributed by atoms with Gasteiger partial charge in [-0.3, -0.25) is 0 Å². The van der Waals surface area contributed by atoms with E-state index in [1.807, 2.05) is 0 Å². The zero-order valence-electron chi connectivity index (χ0n) is 10.3. The van der Waals surface area contributed by atoms with Crippen molar-refractivity contribution in [2.24, 2.45) is 5.73 Å². The summed E-state index contributed by atoms with van der Waals surface area (Å²) in [7, 11) is -3.56. The number of aliphatic hydroxyl groups is 1. The van der Waals surface area contributed by atoms with Gasteiger partial charge in [0.1, 0.15) is 0 Å². The SMILES string of the molecule is CC1(O)CCN(S(=O)(=O)c2ccccc2CN)C1. The normalized spacial score (nSPS) is 25.5. The fourth-order valence-corrected chi connectivity index (χ4v) is 3.96. The minimum absolute atomic E-state index is 0.133. The lowest BCUT2D eigenvalue weighted by Gasteiger charge is -2.20. The lowest BCUT2D eigenvalue weighted by molar-refractivity contribution is 0.0762. The standard InChI is InChI=1S/C12H18N2O3S/c1-12(15)6-7-14(9-12)18(16,17)11-5-3-2-4-10(11)8-13/h2-5,15H,6-9,13H2,1H3. The molecule has 3 N–H and O–H groups in total. The monoisotopic (exact) mass is 270 g/mol. The zero-order chi connectivity index (χ0) is 13.4. The summed E-state index contributed by atoms with van der Waals surface area (Å²) >= 11 is 0. The van der Waals surface area contributed by atoms with Crippen LogP contribution in [-0.2, 0) is 16.6 Å². The van der Waals surface area contributed by atoms with Gasteiger partial charge in [-0.15, -0.1) is 0 Å².